The predicted molar refractivity (Wildman–Crippen MR) is 81.2 cm³/mol. The van der Waals surface area contributed by atoms with Crippen LogP contribution in [0.4, 0.5) is 0 Å². The molecule has 5 nitrogen and oxygen atoms in total. The third kappa shape index (κ3) is 2.77. The number of hydrogen-bond donors (Lipinski definition) is 1. The number of aromatic nitrogens is 2. The van der Waals surface area contributed by atoms with Crippen LogP contribution in [-0.4, -0.2) is 30.7 Å². The average molecular weight is 288 g/mol. The minimum absolute atomic E-state index is 0.0599. The maximum atomic E-state index is 11.2. The van der Waals surface area contributed by atoms with Crippen LogP contribution in [0.25, 0.3) is 11.3 Å². The molecule has 1 N–H and O–H groups in total. The van der Waals surface area contributed by atoms with Gasteiger partial charge < -0.3 is 9.47 Å². The van der Waals surface area contributed by atoms with Gasteiger partial charge in [-0.25, -0.2) is 0 Å². The Hall–Kier alpha value is -2.30. The molecule has 0 amide bonds. The highest BCUT2D eigenvalue weighted by Gasteiger charge is 2.22. The van der Waals surface area contributed by atoms with Crippen molar-refractivity contribution in [1.29, 1.82) is 0 Å². The molecule has 0 saturated heterocycles. The van der Waals surface area contributed by atoms with Crippen molar-refractivity contribution < 1.29 is 14.3 Å². The molecule has 0 aliphatic rings. The molecule has 112 valence electrons. The first kappa shape index (κ1) is 15.1. The maximum absolute atomic E-state index is 11.2. The van der Waals surface area contributed by atoms with E-state index < -0.39 is 0 Å². The Labute approximate surface area is 124 Å². The summed E-state index contributed by atoms with van der Waals surface area (Å²) >= 11 is 0. The summed E-state index contributed by atoms with van der Waals surface area (Å²) in [6.07, 6.45) is 2.27. The van der Waals surface area contributed by atoms with Crippen LogP contribution in [0.5, 0.6) is 11.5 Å². The summed E-state index contributed by atoms with van der Waals surface area (Å²) in [6, 6.07) is 3.96. The highest BCUT2D eigenvalue weighted by atomic mass is 16.5. The monoisotopic (exact) mass is 288 g/mol. The van der Waals surface area contributed by atoms with Crippen LogP contribution in [0.1, 0.15) is 36.7 Å². The highest BCUT2D eigenvalue weighted by molar-refractivity contribution is 5.88. The number of carbonyl (C=O) groups excluding carboxylic acids is 1. The van der Waals surface area contributed by atoms with Crippen LogP contribution < -0.4 is 9.47 Å². The molecule has 0 radical (unpaired) electrons. The molecule has 2 aromatic rings. The molecule has 0 unspecified atom stereocenters. The van der Waals surface area contributed by atoms with Crippen molar-refractivity contribution in [3.8, 4) is 22.8 Å². The van der Waals surface area contributed by atoms with Crippen LogP contribution in [0.3, 0.4) is 0 Å². The fourth-order valence-electron chi connectivity index (χ4n) is 2.18. The van der Waals surface area contributed by atoms with Crippen molar-refractivity contribution in [3.63, 3.8) is 0 Å². The van der Waals surface area contributed by atoms with Gasteiger partial charge in [0.15, 0.2) is 17.8 Å². The molecule has 1 aromatic carbocycles. The molecule has 0 bridgehead atoms. The van der Waals surface area contributed by atoms with E-state index in [1.165, 1.54) is 6.20 Å². The SMILES string of the molecule is COc1cc(C(C)(C)C)cc(-c2[nH]ncc2C=O)c1OC. The molecular weight excluding hydrogens is 268 g/mol. The molecule has 2 rings (SSSR count). The van der Waals surface area contributed by atoms with Crippen LogP contribution in [-0.2, 0) is 5.41 Å². The van der Waals surface area contributed by atoms with Crippen LogP contribution in [0.2, 0.25) is 0 Å². The minimum atomic E-state index is -0.0599. The first-order valence-electron chi connectivity index (χ1n) is 6.67. The molecule has 0 spiro atoms. The lowest BCUT2D eigenvalue weighted by Gasteiger charge is -2.22. The van der Waals surface area contributed by atoms with Crippen LogP contribution in [0.15, 0.2) is 18.3 Å². The second-order valence-electron chi connectivity index (χ2n) is 5.83. The molecule has 1 heterocycles. The normalized spacial score (nSPS) is 11.3. The van der Waals surface area contributed by atoms with Gasteiger partial charge in [0.05, 0.1) is 31.7 Å². The van der Waals surface area contributed by atoms with Gasteiger partial charge in [0.2, 0.25) is 0 Å². The zero-order valence-corrected chi connectivity index (χ0v) is 13.0. The van der Waals surface area contributed by atoms with E-state index in [9.17, 15) is 4.79 Å². The smallest absolute Gasteiger partial charge is 0.170 e. The summed E-state index contributed by atoms with van der Waals surface area (Å²) in [7, 11) is 3.18. The van der Waals surface area contributed by atoms with Gasteiger partial charge in [0.1, 0.15) is 0 Å². The number of nitrogens with one attached hydrogen (secondary N) is 1. The second kappa shape index (κ2) is 5.60. The number of ether oxygens (including phenoxy) is 2. The lowest BCUT2D eigenvalue weighted by Crippen LogP contribution is -2.12. The van der Waals surface area contributed by atoms with Crippen molar-refractivity contribution in [2.75, 3.05) is 14.2 Å². The van der Waals surface area contributed by atoms with E-state index in [0.717, 1.165) is 17.4 Å². The average Bonchev–Trinajstić information content (AvgIpc) is 2.92. The molecule has 5 heteroatoms. The summed E-state index contributed by atoms with van der Waals surface area (Å²) < 4.78 is 10.9. The highest BCUT2D eigenvalue weighted by Crippen LogP contribution is 2.42. The molecule has 0 fully saturated rings. The number of aromatic amines is 1. The Bertz CT molecular complexity index is 654. The van der Waals surface area contributed by atoms with E-state index >= 15 is 0 Å². The third-order valence-electron chi connectivity index (χ3n) is 3.41. The Morgan fingerprint density at radius 2 is 1.90 bits per heavy atom. The number of hydrogen-bond acceptors (Lipinski definition) is 4. The fourth-order valence-corrected chi connectivity index (χ4v) is 2.18. The number of methoxy groups -OCH3 is 2. The zero-order valence-electron chi connectivity index (χ0n) is 13.0. The van der Waals surface area contributed by atoms with Crippen molar-refractivity contribution in [3.05, 3.63) is 29.5 Å². The largest absolute Gasteiger partial charge is 0.493 e. The second-order valence-corrected chi connectivity index (χ2v) is 5.83. The first-order valence-corrected chi connectivity index (χ1v) is 6.67. The van der Waals surface area contributed by atoms with E-state index in [-0.39, 0.29) is 5.41 Å². The number of carbonyl (C=O) groups is 1. The molecule has 0 aliphatic heterocycles. The van der Waals surface area contributed by atoms with Gasteiger partial charge in [-0.1, -0.05) is 20.8 Å². The Morgan fingerprint density at radius 3 is 2.43 bits per heavy atom. The Balaban J connectivity index is 2.76. The molecule has 1 aromatic heterocycles. The quantitative estimate of drug-likeness (QED) is 0.877. The topological polar surface area (TPSA) is 64.2 Å². The summed E-state index contributed by atoms with van der Waals surface area (Å²) in [5.41, 5.74) is 2.91. The lowest BCUT2D eigenvalue weighted by molar-refractivity contribution is 0.112. The maximum Gasteiger partial charge on any atom is 0.170 e. The summed E-state index contributed by atoms with van der Waals surface area (Å²) in [5, 5.41) is 6.80. The first-order chi connectivity index (χ1) is 9.92. The van der Waals surface area contributed by atoms with Gasteiger partial charge in [-0.2, -0.15) is 5.10 Å². The van der Waals surface area contributed by atoms with Gasteiger partial charge in [-0.15, -0.1) is 0 Å². The van der Waals surface area contributed by atoms with Crippen molar-refractivity contribution >= 4 is 6.29 Å². The summed E-state index contributed by atoms with van der Waals surface area (Å²) in [5.74, 6) is 1.21. The Morgan fingerprint density at radius 1 is 1.19 bits per heavy atom. The Kier molecular flexibility index (Phi) is 4.02. The van der Waals surface area contributed by atoms with Gasteiger partial charge in [-0.3, -0.25) is 9.89 Å². The molecular formula is C16H20N2O3. The number of H-pyrrole nitrogens is 1. The van der Waals surface area contributed by atoms with E-state index in [4.69, 9.17) is 9.47 Å². The van der Waals surface area contributed by atoms with Crippen molar-refractivity contribution in [2.24, 2.45) is 0 Å². The number of aldehydes is 1. The molecule has 0 saturated carbocycles. The van der Waals surface area contributed by atoms with Gasteiger partial charge >= 0.3 is 0 Å². The molecule has 0 atom stereocenters. The standard InChI is InChI=1S/C16H20N2O3/c1-16(2,3)11-6-12(14-10(9-19)8-17-18-14)15(21-5)13(7-11)20-4/h6-9H,1-5H3,(H,17,18). The molecule has 21 heavy (non-hydrogen) atoms. The zero-order chi connectivity index (χ0) is 15.6. The number of benzene rings is 1. The minimum Gasteiger partial charge on any atom is -0.493 e. The van der Waals surface area contributed by atoms with Gasteiger partial charge in [0, 0.05) is 5.56 Å². The van der Waals surface area contributed by atoms with Gasteiger partial charge in [-0.05, 0) is 23.1 Å². The lowest BCUT2D eigenvalue weighted by atomic mass is 9.85. The van der Waals surface area contributed by atoms with E-state index in [2.05, 4.69) is 31.0 Å². The van der Waals surface area contributed by atoms with E-state index in [0.29, 0.717) is 22.8 Å². The van der Waals surface area contributed by atoms with Crippen LogP contribution in [0, 0.1) is 0 Å². The van der Waals surface area contributed by atoms with Crippen molar-refractivity contribution in [2.45, 2.75) is 26.2 Å². The number of nitrogens with zero attached hydrogens (tertiary/aromatic N) is 1. The third-order valence-corrected chi connectivity index (χ3v) is 3.41. The van der Waals surface area contributed by atoms with Crippen LogP contribution >= 0.6 is 0 Å². The number of rotatable bonds is 4. The predicted octanol–water partition coefficient (Wildman–Crippen LogP) is 3.20. The van der Waals surface area contributed by atoms with Gasteiger partial charge in [0.25, 0.3) is 0 Å². The van der Waals surface area contributed by atoms with Crippen molar-refractivity contribution in [1.82, 2.24) is 10.2 Å². The summed E-state index contributed by atoms with van der Waals surface area (Å²) in [6.45, 7) is 6.35. The molecule has 0 aliphatic carbocycles. The van der Waals surface area contributed by atoms with E-state index in [1.54, 1.807) is 14.2 Å². The fraction of sp³-hybridized carbons (Fsp3) is 0.375. The van der Waals surface area contributed by atoms with E-state index in [1.807, 2.05) is 12.1 Å². The summed E-state index contributed by atoms with van der Waals surface area (Å²) in [4.78, 5) is 11.2.